The Hall–Kier alpha value is -3.18. The van der Waals surface area contributed by atoms with Gasteiger partial charge in [-0.15, -0.1) is 0 Å². The summed E-state index contributed by atoms with van der Waals surface area (Å²) in [5.74, 6) is -0.127. The van der Waals surface area contributed by atoms with Crippen LogP contribution in [0.4, 0.5) is 5.69 Å². The van der Waals surface area contributed by atoms with Crippen molar-refractivity contribution in [1.29, 1.82) is 0 Å². The van der Waals surface area contributed by atoms with Crippen molar-refractivity contribution in [2.24, 2.45) is 0 Å². The number of rotatable bonds is 3. The summed E-state index contributed by atoms with van der Waals surface area (Å²) >= 11 is 5.45. The fourth-order valence-corrected chi connectivity index (χ4v) is 4.92. The Morgan fingerprint density at radius 2 is 1.77 bits per heavy atom. The largest absolute Gasteiger partial charge is 0.351 e. The third kappa shape index (κ3) is 3.06. The molecule has 0 fully saturated rings. The number of carbonyl (C=O) groups is 1. The molecular formula is C25H23N3OS. The number of anilines is 1. The molecule has 5 heteroatoms. The van der Waals surface area contributed by atoms with Gasteiger partial charge >= 0.3 is 0 Å². The molecule has 5 rings (SSSR count). The van der Waals surface area contributed by atoms with Crippen LogP contribution in [-0.2, 0) is 17.6 Å². The summed E-state index contributed by atoms with van der Waals surface area (Å²) in [6, 6.07) is 18.3. The van der Waals surface area contributed by atoms with Gasteiger partial charge < -0.3 is 16.0 Å². The van der Waals surface area contributed by atoms with Gasteiger partial charge in [-0.3, -0.25) is 4.79 Å². The van der Waals surface area contributed by atoms with E-state index < -0.39 is 0 Å². The Kier molecular flexibility index (Phi) is 4.55. The molecule has 3 aromatic rings. The molecular weight excluding hydrogens is 390 g/mol. The van der Waals surface area contributed by atoms with Crippen molar-refractivity contribution in [3.8, 4) is 0 Å². The Bertz CT molecular complexity index is 1230. The van der Waals surface area contributed by atoms with Gasteiger partial charge in [-0.1, -0.05) is 48.5 Å². The van der Waals surface area contributed by atoms with Crippen molar-refractivity contribution in [3.05, 3.63) is 88.1 Å². The van der Waals surface area contributed by atoms with Crippen molar-refractivity contribution >= 4 is 39.7 Å². The van der Waals surface area contributed by atoms with E-state index in [9.17, 15) is 4.79 Å². The summed E-state index contributed by atoms with van der Waals surface area (Å²) in [5, 5.41) is 12.6. The first-order valence-corrected chi connectivity index (χ1v) is 10.6. The van der Waals surface area contributed by atoms with Gasteiger partial charge in [0.2, 0.25) is 0 Å². The average molecular weight is 414 g/mol. The number of aryl methyl sites for hydroxylation is 3. The fourth-order valence-electron chi connectivity index (χ4n) is 4.65. The Labute approximate surface area is 181 Å². The molecule has 1 atom stereocenters. The molecule has 1 amide bonds. The zero-order valence-corrected chi connectivity index (χ0v) is 17.8. The molecule has 1 aliphatic carbocycles. The molecule has 0 radical (unpaired) electrons. The number of para-hydroxylation sites is 1. The lowest BCUT2D eigenvalue weighted by molar-refractivity contribution is -0.113. The number of nitrogens with one attached hydrogen (secondary N) is 3. The highest BCUT2D eigenvalue weighted by Crippen LogP contribution is 2.38. The highest BCUT2D eigenvalue weighted by Gasteiger charge is 2.32. The van der Waals surface area contributed by atoms with E-state index in [1.54, 1.807) is 0 Å². The lowest BCUT2D eigenvalue weighted by Crippen LogP contribution is -2.45. The van der Waals surface area contributed by atoms with E-state index in [1.165, 1.54) is 21.9 Å². The minimum atomic E-state index is -0.312. The van der Waals surface area contributed by atoms with Gasteiger partial charge in [-0.2, -0.15) is 0 Å². The number of carbonyl (C=O) groups excluding carboxylic acids is 1. The summed E-state index contributed by atoms with van der Waals surface area (Å²) in [6.07, 6.45) is 2.15. The lowest BCUT2D eigenvalue weighted by atomic mass is 9.89. The van der Waals surface area contributed by atoms with Crippen LogP contribution in [0.15, 0.2) is 65.9 Å². The first kappa shape index (κ1) is 18.8. The van der Waals surface area contributed by atoms with Gasteiger partial charge in [0.25, 0.3) is 5.91 Å². The van der Waals surface area contributed by atoms with E-state index in [0.717, 1.165) is 35.4 Å². The molecule has 0 bridgehead atoms. The first-order valence-electron chi connectivity index (χ1n) is 10.2. The predicted octanol–water partition coefficient (Wildman–Crippen LogP) is 4.68. The van der Waals surface area contributed by atoms with Crippen LogP contribution in [0.5, 0.6) is 0 Å². The van der Waals surface area contributed by atoms with Crippen molar-refractivity contribution in [2.75, 3.05) is 5.32 Å². The molecule has 1 heterocycles. The van der Waals surface area contributed by atoms with Crippen LogP contribution in [0.2, 0.25) is 0 Å². The Balaban J connectivity index is 1.61. The topological polar surface area (TPSA) is 53.2 Å². The van der Waals surface area contributed by atoms with Crippen molar-refractivity contribution in [1.82, 2.24) is 10.6 Å². The molecule has 0 saturated carbocycles. The van der Waals surface area contributed by atoms with Crippen molar-refractivity contribution in [3.63, 3.8) is 0 Å². The number of hydrogen-bond acceptors (Lipinski definition) is 2. The molecule has 3 aromatic carbocycles. The minimum Gasteiger partial charge on any atom is -0.351 e. The minimum absolute atomic E-state index is 0.127. The highest BCUT2D eigenvalue weighted by atomic mass is 32.1. The number of allylic oxidation sites excluding steroid dienone is 1. The molecule has 4 nitrogen and oxygen atoms in total. The number of benzene rings is 3. The quantitative estimate of drug-likeness (QED) is 0.546. The molecule has 1 aliphatic heterocycles. The summed E-state index contributed by atoms with van der Waals surface area (Å²) in [4.78, 5) is 13.4. The van der Waals surface area contributed by atoms with Gasteiger partial charge in [-0.05, 0) is 78.0 Å². The lowest BCUT2D eigenvalue weighted by Gasteiger charge is -2.31. The maximum atomic E-state index is 13.4. The van der Waals surface area contributed by atoms with Crippen LogP contribution in [0.25, 0.3) is 10.8 Å². The fraction of sp³-hybridized carbons (Fsp3) is 0.200. The van der Waals surface area contributed by atoms with Crippen LogP contribution < -0.4 is 16.0 Å². The van der Waals surface area contributed by atoms with Crippen molar-refractivity contribution < 1.29 is 4.79 Å². The number of thiocarbonyl (C=S) groups is 1. The van der Waals surface area contributed by atoms with Crippen molar-refractivity contribution in [2.45, 2.75) is 32.7 Å². The predicted molar refractivity (Wildman–Crippen MR) is 125 cm³/mol. The summed E-state index contributed by atoms with van der Waals surface area (Å²) in [7, 11) is 0. The van der Waals surface area contributed by atoms with E-state index in [2.05, 4.69) is 46.3 Å². The zero-order valence-electron chi connectivity index (χ0n) is 17.0. The SMILES string of the molecule is CC1=C(C(=O)Nc2ccccc2C)[C@@H](c2ccc3c4c(cccc24)CC3)NC(=S)N1. The third-order valence-corrected chi connectivity index (χ3v) is 6.35. The van der Waals surface area contributed by atoms with E-state index in [-0.39, 0.29) is 11.9 Å². The van der Waals surface area contributed by atoms with Crippen LogP contribution in [-0.4, -0.2) is 11.0 Å². The molecule has 2 aliphatic rings. The monoisotopic (exact) mass is 413 g/mol. The standard InChI is InChI=1S/C25H23N3OS/c1-14-6-3-4-9-20(14)27-24(29)21-15(2)26-25(30)28-23(21)19-13-12-17-11-10-16-7-5-8-18(19)22(16)17/h3-9,12-13,23H,10-11H2,1-2H3,(H,27,29)(H2,26,28,30)/t23-/m1/s1. The van der Waals surface area contributed by atoms with E-state index in [4.69, 9.17) is 12.2 Å². The molecule has 150 valence electrons. The van der Waals surface area contributed by atoms with Gasteiger partial charge in [-0.25, -0.2) is 0 Å². The van der Waals surface area contributed by atoms with E-state index in [0.29, 0.717) is 10.7 Å². The maximum Gasteiger partial charge on any atom is 0.255 e. The van der Waals surface area contributed by atoms with Gasteiger partial charge in [0, 0.05) is 11.4 Å². The summed E-state index contributed by atoms with van der Waals surface area (Å²) < 4.78 is 0. The molecule has 0 aromatic heterocycles. The zero-order chi connectivity index (χ0) is 20.8. The number of hydrogen-bond donors (Lipinski definition) is 3. The van der Waals surface area contributed by atoms with Crippen LogP contribution in [0, 0.1) is 6.92 Å². The van der Waals surface area contributed by atoms with Gasteiger partial charge in [0.15, 0.2) is 5.11 Å². The second-order valence-electron chi connectivity index (χ2n) is 7.99. The second kappa shape index (κ2) is 7.26. The molecule has 0 spiro atoms. The summed E-state index contributed by atoms with van der Waals surface area (Å²) in [6.45, 7) is 3.90. The van der Waals surface area contributed by atoms with E-state index >= 15 is 0 Å². The average Bonchev–Trinajstić information content (AvgIpc) is 3.14. The van der Waals surface area contributed by atoms with E-state index in [1.807, 2.05) is 38.1 Å². The molecule has 30 heavy (non-hydrogen) atoms. The molecule has 0 unspecified atom stereocenters. The second-order valence-corrected chi connectivity index (χ2v) is 8.40. The normalized spacial score (nSPS) is 17.7. The first-order chi connectivity index (χ1) is 14.5. The van der Waals surface area contributed by atoms with Crippen LogP contribution in [0.1, 0.15) is 35.2 Å². The van der Waals surface area contributed by atoms with Gasteiger partial charge in [0.1, 0.15) is 0 Å². The maximum absolute atomic E-state index is 13.4. The number of amides is 1. The van der Waals surface area contributed by atoms with Crippen LogP contribution >= 0.6 is 12.2 Å². The smallest absolute Gasteiger partial charge is 0.255 e. The van der Waals surface area contributed by atoms with Crippen LogP contribution in [0.3, 0.4) is 0 Å². The molecule has 0 saturated heterocycles. The Morgan fingerprint density at radius 1 is 1.00 bits per heavy atom. The Morgan fingerprint density at radius 3 is 2.57 bits per heavy atom. The molecule has 3 N–H and O–H groups in total. The summed E-state index contributed by atoms with van der Waals surface area (Å²) in [5.41, 5.74) is 7.12. The van der Waals surface area contributed by atoms with Gasteiger partial charge in [0.05, 0.1) is 11.6 Å². The highest BCUT2D eigenvalue weighted by molar-refractivity contribution is 7.80. The third-order valence-electron chi connectivity index (χ3n) is 6.13.